The zero-order valence-electron chi connectivity index (χ0n) is 9.89. The van der Waals surface area contributed by atoms with Gasteiger partial charge in [-0.15, -0.1) is 0 Å². The summed E-state index contributed by atoms with van der Waals surface area (Å²) in [5.74, 6) is -0.450. The van der Waals surface area contributed by atoms with Crippen molar-refractivity contribution in [1.29, 1.82) is 10.5 Å². The van der Waals surface area contributed by atoms with Crippen molar-refractivity contribution in [2.24, 2.45) is 0 Å². The number of hydrogen-bond donors (Lipinski definition) is 1. The summed E-state index contributed by atoms with van der Waals surface area (Å²) in [6, 6.07) is 9.76. The Kier molecular flexibility index (Phi) is 3.70. The van der Waals surface area contributed by atoms with E-state index < -0.39 is 5.82 Å². The average Bonchev–Trinajstić information content (AvgIpc) is 2.46. The van der Waals surface area contributed by atoms with Crippen molar-refractivity contribution < 1.29 is 4.39 Å². The van der Waals surface area contributed by atoms with Gasteiger partial charge in [-0.3, -0.25) is 4.98 Å². The molecule has 0 saturated heterocycles. The minimum absolute atomic E-state index is 0.220. The number of hydrogen-bond acceptors (Lipinski definition) is 4. The van der Waals surface area contributed by atoms with Gasteiger partial charge in [-0.25, -0.2) is 4.39 Å². The first-order chi connectivity index (χ1) is 9.24. The monoisotopic (exact) mass is 252 g/mol. The second-order valence-electron chi connectivity index (χ2n) is 3.80. The number of anilines is 1. The number of halogens is 1. The van der Waals surface area contributed by atoms with E-state index in [1.165, 1.54) is 18.5 Å². The summed E-state index contributed by atoms with van der Waals surface area (Å²) >= 11 is 0. The van der Waals surface area contributed by atoms with Crippen molar-refractivity contribution in [2.75, 3.05) is 5.32 Å². The summed E-state index contributed by atoms with van der Waals surface area (Å²) in [6.45, 7) is 0.220. The van der Waals surface area contributed by atoms with Gasteiger partial charge in [0.1, 0.15) is 11.9 Å². The highest BCUT2D eigenvalue weighted by Gasteiger charge is 2.05. The topological polar surface area (TPSA) is 72.5 Å². The molecule has 0 bridgehead atoms. The van der Waals surface area contributed by atoms with Crippen LogP contribution in [0.5, 0.6) is 0 Å². The number of rotatable bonds is 3. The van der Waals surface area contributed by atoms with Crippen LogP contribution in [0.3, 0.4) is 0 Å². The number of nitriles is 2. The number of aromatic nitrogens is 1. The van der Waals surface area contributed by atoms with Crippen LogP contribution in [0, 0.1) is 28.5 Å². The van der Waals surface area contributed by atoms with Crippen LogP contribution in [0.2, 0.25) is 0 Å². The van der Waals surface area contributed by atoms with Gasteiger partial charge >= 0.3 is 0 Å². The molecule has 1 aromatic carbocycles. The molecule has 0 spiro atoms. The second-order valence-corrected chi connectivity index (χ2v) is 3.80. The first-order valence-corrected chi connectivity index (χ1v) is 5.51. The number of nitrogens with zero attached hydrogens (tertiary/aromatic N) is 3. The fraction of sp³-hybridized carbons (Fsp3) is 0.0714. The van der Waals surface area contributed by atoms with Gasteiger partial charge < -0.3 is 5.32 Å². The van der Waals surface area contributed by atoms with Gasteiger partial charge in [-0.2, -0.15) is 10.5 Å². The quantitative estimate of drug-likeness (QED) is 0.911. The van der Waals surface area contributed by atoms with Crippen LogP contribution in [-0.4, -0.2) is 4.98 Å². The van der Waals surface area contributed by atoms with Crippen LogP contribution in [0.15, 0.2) is 36.7 Å². The minimum Gasteiger partial charge on any atom is -0.379 e. The van der Waals surface area contributed by atoms with Crippen molar-refractivity contribution in [2.45, 2.75) is 6.54 Å². The Bertz CT molecular complexity index is 683. The number of nitrogens with one attached hydrogen (secondary N) is 1. The van der Waals surface area contributed by atoms with Gasteiger partial charge in [0.05, 0.1) is 29.1 Å². The smallest absolute Gasteiger partial charge is 0.129 e. The predicted molar refractivity (Wildman–Crippen MR) is 67.4 cm³/mol. The average molecular weight is 252 g/mol. The molecule has 5 heteroatoms. The van der Waals surface area contributed by atoms with Crippen LogP contribution < -0.4 is 5.32 Å². The van der Waals surface area contributed by atoms with E-state index in [4.69, 9.17) is 10.5 Å². The molecule has 4 nitrogen and oxygen atoms in total. The third-order valence-electron chi connectivity index (χ3n) is 2.59. The molecule has 0 aliphatic rings. The lowest BCUT2D eigenvalue weighted by Crippen LogP contribution is -2.04. The minimum atomic E-state index is -0.450. The van der Waals surface area contributed by atoms with E-state index in [9.17, 15) is 4.39 Å². The van der Waals surface area contributed by atoms with E-state index >= 15 is 0 Å². The summed E-state index contributed by atoms with van der Waals surface area (Å²) < 4.78 is 13.7. The summed E-state index contributed by atoms with van der Waals surface area (Å²) in [6.07, 6.45) is 3.03. The molecule has 1 N–H and O–H groups in total. The van der Waals surface area contributed by atoms with Crippen LogP contribution in [0.1, 0.15) is 16.7 Å². The Labute approximate surface area is 109 Å². The Morgan fingerprint density at radius 3 is 2.74 bits per heavy atom. The molecule has 2 aromatic rings. The Balaban J connectivity index is 2.16. The maximum absolute atomic E-state index is 13.7. The molecular formula is C14H9FN4. The number of benzene rings is 1. The maximum Gasteiger partial charge on any atom is 0.129 e. The van der Waals surface area contributed by atoms with Crippen molar-refractivity contribution >= 4 is 5.69 Å². The molecule has 0 radical (unpaired) electrons. The van der Waals surface area contributed by atoms with Gasteiger partial charge in [0.25, 0.3) is 0 Å². The molecule has 0 unspecified atom stereocenters. The van der Waals surface area contributed by atoms with E-state index in [0.29, 0.717) is 16.8 Å². The molecule has 2 rings (SSSR count). The molecule has 92 valence electrons. The molecule has 1 aromatic heterocycles. The highest BCUT2D eigenvalue weighted by atomic mass is 19.1. The van der Waals surface area contributed by atoms with Gasteiger partial charge in [-0.1, -0.05) is 6.07 Å². The van der Waals surface area contributed by atoms with E-state index in [0.717, 1.165) is 0 Å². The Morgan fingerprint density at radius 1 is 1.21 bits per heavy atom. The molecule has 19 heavy (non-hydrogen) atoms. The standard InChI is InChI=1S/C14H9FN4/c15-13-5-10(6-16)1-2-12(13)8-19-14-9-18-4-3-11(14)7-17/h1-5,9,19H,8H2. The second kappa shape index (κ2) is 5.61. The maximum atomic E-state index is 13.7. The van der Waals surface area contributed by atoms with Crippen LogP contribution in [0.25, 0.3) is 0 Å². The summed E-state index contributed by atoms with van der Waals surface area (Å²) in [7, 11) is 0. The van der Waals surface area contributed by atoms with Crippen molar-refractivity contribution in [1.82, 2.24) is 4.98 Å². The van der Waals surface area contributed by atoms with Crippen LogP contribution in [-0.2, 0) is 6.54 Å². The van der Waals surface area contributed by atoms with Gasteiger partial charge in [0, 0.05) is 18.3 Å². The molecule has 0 fully saturated rings. The van der Waals surface area contributed by atoms with Crippen molar-refractivity contribution in [3.05, 3.63) is 59.2 Å². The van der Waals surface area contributed by atoms with E-state index in [2.05, 4.69) is 10.3 Å². The largest absolute Gasteiger partial charge is 0.379 e. The lowest BCUT2D eigenvalue weighted by molar-refractivity contribution is 0.612. The highest BCUT2D eigenvalue weighted by Crippen LogP contribution is 2.15. The first kappa shape index (κ1) is 12.5. The van der Waals surface area contributed by atoms with Crippen LogP contribution in [0.4, 0.5) is 10.1 Å². The van der Waals surface area contributed by atoms with Gasteiger partial charge in [0.15, 0.2) is 0 Å². The summed E-state index contributed by atoms with van der Waals surface area (Å²) in [5, 5.41) is 20.5. The number of pyridine rings is 1. The lowest BCUT2D eigenvalue weighted by atomic mass is 10.1. The molecular weight excluding hydrogens is 243 g/mol. The summed E-state index contributed by atoms with van der Waals surface area (Å²) in [5.41, 5.74) is 1.70. The summed E-state index contributed by atoms with van der Waals surface area (Å²) in [4.78, 5) is 3.90. The Morgan fingerprint density at radius 2 is 2.05 bits per heavy atom. The third-order valence-corrected chi connectivity index (χ3v) is 2.59. The van der Waals surface area contributed by atoms with Crippen LogP contribution >= 0.6 is 0 Å². The highest BCUT2D eigenvalue weighted by molar-refractivity contribution is 5.55. The van der Waals surface area contributed by atoms with E-state index in [-0.39, 0.29) is 12.1 Å². The Hall–Kier alpha value is -2.92. The molecule has 1 heterocycles. The molecule has 0 saturated carbocycles. The fourth-order valence-corrected chi connectivity index (χ4v) is 1.58. The normalized spacial score (nSPS) is 9.42. The van der Waals surface area contributed by atoms with E-state index in [1.807, 2.05) is 12.1 Å². The van der Waals surface area contributed by atoms with Crippen molar-refractivity contribution in [3.63, 3.8) is 0 Å². The zero-order chi connectivity index (χ0) is 13.7. The molecule has 0 atom stereocenters. The zero-order valence-corrected chi connectivity index (χ0v) is 9.89. The molecule has 0 aliphatic carbocycles. The molecule has 0 aliphatic heterocycles. The first-order valence-electron chi connectivity index (χ1n) is 5.51. The van der Waals surface area contributed by atoms with Gasteiger partial charge in [-0.05, 0) is 18.2 Å². The third kappa shape index (κ3) is 2.85. The van der Waals surface area contributed by atoms with E-state index in [1.54, 1.807) is 18.2 Å². The fourth-order valence-electron chi connectivity index (χ4n) is 1.58. The van der Waals surface area contributed by atoms with Gasteiger partial charge in [0.2, 0.25) is 0 Å². The lowest BCUT2D eigenvalue weighted by Gasteiger charge is -2.08. The molecule has 0 amide bonds. The van der Waals surface area contributed by atoms with Crippen molar-refractivity contribution in [3.8, 4) is 12.1 Å². The predicted octanol–water partition coefficient (Wildman–Crippen LogP) is 2.58. The SMILES string of the molecule is N#Cc1ccc(CNc2cnccc2C#N)c(F)c1.